The largest absolute Gasteiger partial charge is 0.393 e. The Balaban J connectivity index is 1.49. The van der Waals surface area contributed by atoms with Crippen molar-refractivity contribution in [3.63, 3.8) is 0 Å². The molecule has 0 atom stereocenters. The predicted molar refractivity (Wildman–Crippen MR) is 110 cm³/mol. The Morgan fingerprint density at radius 2 is 1.85 bits per heavy atom. The Morgan fingerprint density at radius 1 is 1.07 bits per heavy atom. The van der Waals surface area contributed by atoms with Crippen LogP contribution in [0, 0.1) is 5.82 Å². The van der Waals surface area contributed by atoms with Crippen molar-refractivity contribution in [2.75, 3.05) is 12.0 Å². The van der Waals surface area contributed by atoms with Gasteiger partial charge in [0.25, 0.3) is 0 Å². The summed E-state index contributed by atoms with van der Waals surface area (Å²) in [7, 11) is 0. The Bertz CT molecular complexity index is 770. The minimum atomic E-state index is -0.443. The van der Waals surface area contributed by atoms with Crippen molar-refractivity contribution >= 4 is 40.7 Å². The van der Waals surface area contributed by atoms with E-state index in [9.17, 15) is 9.50 Å². The van der Waals surface area contributed by atoms with E-state index in [-0.39, 0.29) is 17.9 Å². The lowest BCUT2D eigenvalue weighted by Crippen LogP contribution is -2.19. The van der Waals surface area contributed by atoms with Crippen LogP contribution in [-0.4, -0.2) is 23.2 Å². The molecule has 27 heavy (non-hydrogen) atoms. The normalized spacial score (nSPS) is 19.9. The van der Waals surface area contributed by atoms with Gasteiger partial charge < -0.3 is 15.2 Å². The van der Waals surface area contributed by atoms with Crippen molar-refractivity contribution in [1.29, 1.82) is 0 Å². The van der Waals surface area contributed by atoms with Gasteiger partial charge in [-0.3, -0.25) is 0 Å². The van der Waals surface area contributed by atoms with Gasteiger partial charge in [0, 0.05) is 15.8 Å². The zero-order valence-corrected chi connectivity index (χ0v) is 17.1. The molecule has 3 nitrogen and oxygen atoms in total. The first-order valence-corrected chi connectivity index (χ1v) is 10.5. The number of ether oxygens (including phenoxy) is 1. The van der Waals surface area contributed by atoms with Crippen LogP contribution in [0.25, 0.3) is 0 Å². The number of nitrogens with one attached hydrogen (secondary N) is 1. The summed E-state index contributed by atoms with van der Waals surface area (Å²) >= 11 is 13.9. The van der Waals surface area contributed by atoms with E-state index in [1.807, 2.05) is 12.1 Å². The van der Waals surface area contributed by atoms with Crippen LogP contribution < -0.4 is 5.32 Å². The van der Waals surface area contributed by atoms with Crippen LogP contribution in [0.3, 0.4) is 0 Å². The zero-order valence-electron chi connectivity index (χ0n) is 14.8. The fraction of sp³-hybridized carbons (Fsp3) is 0.400. The third kappa shape index (κ3) is 6.26. The second kappa shape index (κ2) is 9.99. The van der Waals surface area contributed by atoms with Crippen molar-refractivity contribution in [2.45, 2.75) is 48.5 Å². The first kappa shape index (κ1) is 20.7. The highest BCUT2D eigenvalue weighted by Gasteiger charge is 2.21. The Morgan fingerprint density at radius 3 is 2.59 bits per heavy atom. The topological polar surface area (TPSA) is 41.5 Å². The second-order valence-corrected chi connectivity index (χ2v) is 8.77. The highest BCUT2D eigenvalue weighted by atomic mass is 35.5. The maximum atomic E-state index is 13.1. The van der Waals surface area contributed by atoms with Gasteiger partial charge >= 0.3 is 0 Å². The summed E-state index contributed by atoms with van der Waals surface area (Å²) in [5.41, 5.74) is 1.74. The van der Waals surface area contributed by atoms with Gasteiger partial charge in [0.1, 0.15) is 12.5 Å². The summed E-state index contributed by atoms with van der Waals surface area (Å²) in [5, 5.41) is 14.0. The Labute approximate surface area is 173 Å². The van der Waals surface area contributed by atoms with Gasteiger partial charge in [-0.25, -0.2) is 4.39 Å². The number of aliphatic hydroxyl groups is 1. The van der Waals surface area contributed by atoms with Crippen LogP contribution in [0.15, 0.2) is 41.3 Å². The molecule has 0 radical (unpaired) electrons. The predicted octanol–water partition coefficient (Wildman–Crippen LogP) is 6.11. The maximum Gasteiger partial charge on any atom is 0.141 e. The Kier molecular flexibility index (Phi) is 7.67. The van der Waals surface area contributed by atoms with E-state index in [4.69, 9.17) is 27.9 Å². The van der Waals surface area contributed by atoms with Gasteiger partial charge in [0.05, 0.1) is 22.8 Å². The van der Waals surface area contributed by atoms with Gasteiger partial charge in [-0.2, -0.15) is 0 Å². The standard InChI is InChI=1S/C20H22Cl2FNO2S/c21-17-7-1-13(9-20(17)27-16-5-3-15(25)4-6-16)11-26-12-24-14-2-8-19(23)18(22)10-14/h1-2,7-10,15-16,24-25H,3-6,11-12H2. The third-order valence-electron chi connectivity index (χ3n) is 4.50. The first-order chi connectivity index (χ1) is 13.0. The third-order valence-corrected chi connectivity index (χ3v) is 6.63. The number of halogens is 3. The molecule has 0 amide bonds. The first-order valence-electron chi connectivity index (χ1n) is 8.91. The molecule has 7 heteroatoms. The van der Waals surface area contributed by atoms with E-state index in [0.717, 1.165) is 41.2 Å². The molecule has 1 aliphatic carbocycles. The number of hydrogen-bond donors (Lipinski definition) is 2. The maximum absolute atomic E-state index is 13.1. The van der Waals surface area contributed by atoms with Gasteiger partial charge in [0.2, 0.25) is 0 Å². The minimum Gasteiger partial charge on any atom is -0.393 e. The molecule has 0 aromatic heterocycles. The summed E-state index contributed by atoms with van der Waals surface area (Å²) in [6.45, 7) is 0.726. The fourth-order valence-corrected chi connectivity index (χ4v) is 4.68. The number of rotatable bonds is 7. The molecule has 0 unspecified atom stereocenters. The number of benzene rings is 2. The molecule has 2 aromatic rings. The van der Waals surface area contributed by atoms with Crippen LogP contribution in [0.4, 0.5) is 10.1 Å². The van der Waals surface area contributed by atoms with Crippen LogP contribution in [0.2, 0.25) is 10.0 Å². The highest BCUT2D eigenvalue weighted by Crippen LogP contribution is 2.37. The molecule has 2 N–H and O–H groups in total. The smallest absolute Gasteiger partial charge is 0.141 e. The minimum absolute atomic E-state index is 0.0783. The molecule has 146 valence electrons. The lowest BCUT2D eigenvalue weighted by molar-refractivity contribution is 0.132. The average molecular weight is 430 g/mol. The van der Waals surface area contributed by atoms with Crippen molar-refractivity contribution in [3.05, 3.63) is 57.8 Å². The molecule has 0 bridgehead atoms. The van der Waals surface area contributed by atoms with Crippen LogP contribution >= 0.6 is 35.0 Å². The van der Waals surface area contributed by atoms with Crippen molar-refractivity contribution in [2.24, 2.45) is 0 Å². The molecular formula is C20H22Cl2FNO2S. The lowest BCUT2D eigenvalue weighted by Gasteiger charge is -2.25. The Hall–Kier alpha value is -0.980. The molecule has 1 saturated carbocycles. The van der Waals surface area contributed by atoms with Gasteiger partial charge in [-0.05, 0) is 61.6 Å². The van der Waals surface area contributed by atoms with Gasteiger partial charge in [-0.15, -0.1) is 11.8 Å². The van der Waals surface area contributed by atoms with E-state index in [1.54, 1.807) is 17.8 Å². The quantitative estimate of drug-likeness (QED) is 0.411. The molecule has 0 heterocycles. The van der Waals surface area contributed by atoms with Crippen molar-refractivity contribution in [3.8, 4) is 0 Å². The molecule has 0 aliphatic heterocycles. The zero-order chi connectivity index (χ0) is 19.2. The van der Waals surface area contributed by atoms with Gasteiger partial charge in [-0.1, -0.05) is 29.3 Å². The van der Waals surface area contributed by atoms with E-state index < -0.39 is 5.82 Å². The average Bonchev–Trinajstić information content (AvgIpc) is 2.66. The fourth-order valence-electron chi connectivity index (χ4n) is 2.98. The molecule has 0 saturated heterocycles. The van der Waals surface area contributed by atoms with E-state index in [1.165, 1.54) is 12.1 Å². The molecule has 1 aliphatic rings. The van der Waals surface area contributed by atoms with Gasteiger partial charge in [0.15, 0.2) is 0 Å². The van der Waals surface area contributed by atoms with E-state index in [0.29, 0.717) is 17.5 Å². The van der Waals surface area contributed by atoms with Crippen LogP contribution in [0.5, 0.6) is 0 Å². The molecule has 3 rings (SSSR count). The molecule has 1 fully saturated rings. The number of anilines is 1. The monoisotopic (exact) mass is 429 g/mol. The highest BCUT2D eigenvalue weighted by molar-refractivity contribution is 8.00. The molecular weight excluding hydrogens is 408 g/mol. The second-order valence-electron chi connectivity index (χ2n) is 6.61. The van der Waals surface area contributed by atoms with Crippen molar-refractivity contribution < 1.29 is 14.2 Å². The lowest BCUT2D eigenvalue weighted by atomic mass is 9.97. The van der Waals surface area contributed by atoms with E-state index >= 15 is 0 Å². The summed E-state index contributed by atoms with van der Waals surface area (Å²) in [4.78, 5) is 1.05. The van der Waals surface area contributed by atoms with Crippen LogP contribution in [0.1, 0.15) is 31.2 Å². The van der Waals surface area contributed by atoms with Crippen LogP contribution in [-0.2, 0) is 11.3 Å². The summed E-state index contributed by atoms with van der Waals surface area (Å²) < 4.78 is 18.8. The van der Waals surface area contributed by atoms with E-state index in [2.05, 4.69) is 11.4 Å². The number of aliphatic hydroxyl groups excluding tert-OH is 1. The molecule has 2 aromatic carbocycles. The number of thioether (sulfide) groups is 1. The molecule has 0 spiro atoms. The number of hydrogen-bond acceptors (Lipinski definition) is 4. The summed E-state index contributed by atoms with van der Waals surface area (Å²) in [5.74, 6) is -0.443. The summed E-state index contributed by atoms with van der Waals surface area (Å²) in [6, 6.07) is 10.4. The van der Waals surface area contributed by atoms with Crippen molar-refractivity contribution in [1.82, 2.24) is 0 Å². The summed E-state index contributed by atoms with van der Waals surface area (Å²) in [6.07, 6.45) is 3.58. The SMILES string of the molecule is OC1CCC(Sc2cc(COCNc3ccc(F)c(Cl)c3)ccc2Cl)CC1.